The summed E-state index contributed by atoms with van der Waals surface area (Å²) in [6.07, 6.45) is 0. The number of carbonyl (C=O) groups is 1. The molecule has 0 unspecified atom stereocenters. The largest absolute Gasteiger partial charge is 0.480 e. The van der Waals surface area contributed by atoms with Gasteiger partial charge in [-0.25, -0.2) is 4.68 Å². The van der Waals surface area contributed by atoms with Crippen LogP contribution in [0.4, 0.5) is 0 Å². The van der Waals surface area contributed by atoms with Gasteiger partial charge in [-0.15, -0.1) is 0 Å². The number of aliphatic carboxylic acids is 1. The van der Waals surface area contributed by atoms with Gasteiger partial charge in [0.2, 0.25) is 0 Å². The normalized spacial score (nSPS) is 11.3. The molecule has 2 aromatic heterocycles. The lowest BCUT2D eigenvalue weighted by molar-refractivity contribution is -0.137. The van der Waals surface area contributed by atoms with Crippen molar-refractivity contribution in [1.29, 1.82) is 0 Å². The number of carboxylic acid groups (broad SMARTS) is 1. The van der Waals surface area contributed by atoms with E-state index in [2.05, 4.69) is 5.10 Å². The molecular weight excluding hydrogens is 330 g/mol. The minimum Gasteiger partial charge on any atom is -0.480 e. The van der Waals surface area contributed by atoms with E-state index >= 15 is 0 Å². The SMILES string of the molecule is Cc1c(-c2nn(C)c(=O)c3ccccc23)c2ccccc2n1CC(=O)O. The highest BCUT2D eigenvalue weighted by Crippen LogP contribution is 2.36. The van der Waals surface area contributed by atoms with Crippen molar-refractivity contribution in [3.63, 3.8) is 0 Å². The number of hydrogen-bond donors (Lipinski definition) is 1. The second kappa shape index (κ2) is 5.84. The number of carboxylic acids is 1. The van der Waals surface area contributed by atoms with Crippen LogP contribution in [-0.2, 0) is 18.4 Å². The Morgan fingerprint density at radius 3 is 2.35 bits per heavy atom. The van der Waals surface area contributed by atoms with Gasteiger partial charge in [0.05, 0.1) is 5.39 Å². The van der Waals surface area contributed by atoms with Gasteiger partial charge in [-0.05, 0) is 19.1 Å². The monoisotopic (exact) mass is 347 g/mol. The fraction of sp³-hybridized carbons (Fsp3) is 0.150. The van der Waals surface area contributed by atoms with Crippen molar-refractivity contribution in [2.75, 3.05) is 0 Å². The van der Waals surface area contributed by atoms with Crippen LogP contribution in [0.2, 0.25) is 0 Å². The molecule has 0 saturated heterocycles. The molecule has 130 valence electrons. The topological polar surface area (TPSA) is 77.1 Å². The van der Waals surface area contributed by atoms with E-state index in [1.807, 2.05) is 49.4 Å². The van der Waals surface area contributed by atoms with Crippen LogP contribution in [0.5, 0.6) is 0 Å². The zero-order chi connectivity index (χ0) is 18.4. The van der Waals surface area contributed by atoms with Gasteiger partial charge < -0.3 is 9.67 Å². The first-order valence-electron chi connectivity index (χ1n) is 8.25. The number of rotatable bonds is 3. The summed E-state index contributed by atoms with van der Waals surface area (Å²) in [5.41, 5.74) is 3.03. The highest BCUT2D eigenvalue weighted by Gasteiger charge is 2.20. The molecule has 0 aliphatic carbocycles. The van der Waals surface area contributed by atoms with Crippen molar-refractivity contribution in [3.8, 4) is 11.3 Å². The molecule has 0 aliphatic heterocycles. The quantitative estimate of drug-likeness (QED) is 0.618. The van der Waals surface area contributed by atoms with Crippen LogP contribution in [-0.4, -0.2) is 25.4 Å². The number of hydrogen-bond acceptors (Lipinski definition) is 3. The van der Waals surface area contributed by atoms with Gasteiger partial charge in [0, 0.05) is 34.6 Å². The van der Waals surface area contributed by atoms with Crippen molar-refractivity contribution in [2.24, 2.45) is 7.05 Å². The minimum atomic E-state index is -0.904. The van der Waals surface area contributed by atoms with E-state index in [1.54, 1.807) is 17.7 Å². The number of fused-ring (bicyclic) bond motifs is 2. The molecule has 0 amide bonds. The number of aromatic nitrogens is 3. The lowest BCUT2D eigenvalue weighted by Gasteiger charge is -2.09. The predicted octanol–water partition coefficient (Wildman–Crippen LogP) is 2.95. The van der Waals surface area contributed by atoms with E-state index in [0.717, 1.165) is 27.5 Å². The molecule has 2 aromatic carbocycles. The molecule has 0 fully saturated rings. The van der Waals surface area contributed by atoms with Crippen LogP contribution in [0, 0.1) is 6.92 Å². The Morgan fingerprint density at radius 2 is 1.65 bits per heavy atom. The van der Waals surface area contributed by atoms with E-state index < -0.39 is 5.97 Å². The summed E-state index contributed by atoms with van der Waals surface area (Å²) >= 11 is 0. The summed E-state index contributed by atoms with van der Waals surface area (Å²) in [6, 6.07) is 15.0. The minimum absolute atomic E-state index is 0.129. The third kappa shape index (κ3) is 2.30. The van der Waals surface area contributed by atoms with Gasteiger partial charge in [-0.2, -0.15) is 5.10 Å². The van der Waals surface area contributed by atoms with E-state index in [9.17, 15) is 14.7 Å². The number of para-hydroxylation sites is 1. The zero-order valence-corrected chi connectivity index (χ0v) is 14.4. The van der Waals surface area contributed by atoms with E-state index in [-0.39, 0.29) is 12.1 Å². The first-order chi connectivity index (χ1) is 12.5. The molecule has 4 rings (SSSR count). The molecule has 26 heavy (non-hydrogen) atoms. The third-order valence-electron chi connectivity index (χ3n) is 4.72. The van der Waals surface area contributed by atoms with Gasteiger partial charge in [0.25, 0.3) is 5.56 Å². The molecule has 2 heterocycles. The standard InChI is InChI=1S/C20H17N3O3/c1-12-18(15-9-5-6-10-16(15)23(12)11-17(24)25)19-13-7-3-4-8-14(13)20(26)22(2)21-19/h3-10H,11H2,1-2H3,(H,24,25). The fourth-order valence-corrected chi connectivity index (χ4v) is 3.55. The van der Waals surface area contributed by atoms with Gasteiger partial charge in [0.1, 0.15) is 12.2 Å². The molecule has 6 heteroatoms. The smallest absolute Gasteiger partial charge is 0.323 e. The molecule has 0 atom stereocenters. The fourth-order valence-electron chi connectivity index (χ4n) is 3.55. The summed E-state index contributed by atoms with van der Waals surface area (Å²) in [6.45, 7) is 1.76. The van der Waals surface area contributed by atoms with E-state index in [0.29, 0.717) is 11.1 Å². The summed E-state index contributed by atoms with van der Waals surface area (Å²) in [4.78, 5) is 23.8. The lowest BCUT2D eigenvalue weighted by Crippen LogP contribution is -2.20. The first kappa shape index (κ1) is 16.1. The first-order valence-corrected chi connectivity index (χ1v) is 8.25. The number of aryl methyl sites for hydroxylation is 1. The molecule has 0 saturated carbocycles. The van der Waals surface area contributed by atoms with Crippen molar-refractivity contribution in [2.45, 2.75) is 13.5 Å². The zero-order valence-electron chi connectivity index (χ0n) is 14.4. The van der Waals surface area contributed by atoms with Gasteiger partial charge >= 0.3 is 5.97 Å². The molecule has 1 N–H and O–H groups in total. The predicted molar refractivity (Wildman–Crippen MR) is 100 cm³/mol. The van der Waals surface area contributed by atoms with Crippen molar-refractivity contribution in [3.05, 3.63) is 64.6 Å². The van der Waals surface area contributed by atoms with E-state index in [1.165, 1.54) is 4.68 Å². The molecule has 0 bridgehead atoms. The van der Waals surface area contributed by atoms with Crippen LogP contribution in [0.25, 0.3) is 32.9 Å². The van der Waals surface area contributed by atoms with Gasteiger partial charge in [0.15, 0.2) is 0 Å². The average molecular weight is 347 g/mol. The van der Waals surface area contributed by atoms with Gasteiger partial charge in [-0.1, -0.05) is 36.4 Å². The van der Waals surface area contributed by atoms with Crippen molar-refractivity contribution >= 4 is 27.6 Å². The third-order valence-corrected chi connectivity index (χ3v) is 4.72. The van der Waals surface area contributed by atoms with Crippen LogP contribution >= 0.6 is 0 Å². The summed E-state index contributed by atoms with van der Waals surface area (Å²) < 4.78 is 3.11. The number of benzene rings is 2. The Bertz CT molecular complexity index is 1230. The molecule has 0 radical (unpaired) electrons. The summed E-state index contributed by atoms with van der Waals surface area (Å²) in [7, 11) is 1.63. The van der Waals surface area contributed by atoms with Gasteiger partial charge in [-0.3, -0.25) is 9.59 Å². The average Bonchev–Trinajstić information content (AvgIpc) is 2.90. The maximum absolute atomic E-state index is 12.4. The molecule has 0 spiro atoms. The van der Waals surface area contributed by atoms with Crippen molar-refractivity contribution < 1.29 is 9.90 Å². The Balaban J connectivity index is 2.16. The highest BCUT2D eigenvalue weighted by atomic mass is 16.4. The van der Waals surface area contributed by atoms with Crippen LogP contribution in [0.15, 0.2) is 53.3 Å². The van der Waals surface area contributed by atoms with Crippen molar-refractivity contribution in [1.82, 2.24) is 14.3 Å². The Labute approximate surface area is 148 Å². The lowest BCUT2D eigenvalue weighted by atomic mass is 10.0. The molecule has 6 nitrogen and oxygen atoms in total. The Hall–Kier alpha value is -3.41. The summed E-state index contributed by atoms with van der Waals surface area (Å²) in [5.74, 6) is -0.904. The highest BCUT2D eigenvalue weighted by molar-refractivity contribution is 6.05. The second-order valence-electron chi connectivity index (χ2n) is 6.28. The number of nitrogens with zero attached hydrogens (tertiary/aromatic N) is 3. The van der Waals surface area contributed by atoms with E-state index in [4.69, 9.17) is 0 Å². The molecule has 4 aromatic rings. The Kier molecular flexibility index (Phi) is 3.61. The van der Waals surface area contributed by atoms with Crippen LogP contribution < -0.4 is 5.56 Å². The summed E-state index contributed by atoms with van der Waals surface area (Å²) in [5, 5.41) is 16.1. The molecular formula is C20H17N3O3. The maximum atomic E-state index is 12.4. The van der Waals surface area contributed by atoms with Crippen LogP contribution in [0.1, 0.15) is 5.69 Å². The molecule has 0 aliphatic rings. The Morgan fingerprint density at radius 1 is 1.04 bits per heavy atom. The maximum Gasteiger partial charge on any atom is 0.323 e. The second-order valence-corrected chi connectivity index (χ2v) is 6.28. The van der Waals surface area contributed by atoms with Crippen LogP contribution in [0.3, 0.4) is 0 Å².